The van der Waals surface area contributed by atoms with E-state index in [1.165, 1.54) is 6.07 Å². The van der Waals surface area contributed by atoms with Crippen molar-refractivity contribution in [2.45, 2.75) is 6.54 Å². The first-order valence-corrected chi connectivity index (χ1v) is 11.4. The van der Waals surface area contributed by atoms with Crippen LogP contribution in [0.2, 0.25) is 10.0 Å². The Balaban J connectivity index is 1.38. The molecule has 0 radical (unpaired) electrons. The van der Waals surface area contributed by atoms with Gasteiger partial charge in [-0.25, -0.2) is 9.97 Å². The number of para-hydroxylation sites is 2. The summed E-state index contributed by atoms with van der Waals surface area (Å²) in [4.78, 5) is 28.5. The van der Waals surface area contributed by atoms with Gasteiger partial charge in [0.1, 0.15) is 0 Å². The van der Waals surface area contributed by atoms with Crippen molar-refractivity contribution in [3.8, 4) is 0 Å². The number of anilines is 3. The molecule has 2 aromatic heterocycles. The second-order valence-corrected chi connectivity index (χ2v) is 8.79. The Kier molecular flexibility index (Phi) is 6.17. The van der Waals surface area contributed by atoms with Crippen LogP contribution in [0.15, 0.2) is 65.6 Å². The molecule has 0 atom stereocenters. The van der Waals surface area contributed by atoms with E-state index in [9.17, 15) is 4.79 Å². The van der Waals surface area contributed by atoms with Gasteiger partial charge in [0.2, 0.25) is 5.56 Å². The number of aromatic amines is 1. The zero-order chi connectivity index (χ0) is 22.8. The van der Waals surface area contributed by atoms with Crippen molar-refractivity contribution in [1.82, 2.24) is 19.9 Å². The van der Waals surface area contributed by atoms with Gasteiger partial charge in [-0.2, -0.15) is 0 Å². The molecule has 9 heteroatoms. The third kappa shape index (κ3) is 4.95. The van der Waals surface area contributed by atoms with Crippen molar-refractivity contribution in [1.29, 1.82) is 0 Å². The predicted octanol–water partition coefficient (Wildman–Crippen LogP) is 4.69. The fraction of sp³-hybridized carbons (Fsp3) is 0.208. The summed E-state index contributed by atoms with van der Waals surface area (Å²) in [6.07, 6.45) is 1.63. The van der Waals surface area contributed by atoms with Crippen LogP contribution in [0.3, 0.4) is 0 Å². The Morgan fingerprint density at radius 1 is 0.939 bits per heavy atom. The summed E-state index contributed by atoms with van der Waals surface area (Å²) in [6, 6.07) is 16.6. The van der Waals surface area contributed by atoms with E-state index in [-0.39, 0.29) is 5.56 Å². The number of aromatic nitrogens is 3. The minimum absolute atomic E-state index is 0.152. The van der Waals surface area contributed by atoms with Gasteiger partial charge in [0.05, 0.1) is 16.7 Å². The van der Waals surface area contributed by atoms with Gasteiger partial charge in [0, 0.05) is 55.0 Å². The molecule has 33 heavy (non-hydrogen) atoms. The summed E-state index contributed by atoms with van der Waals surface area (Å²) in [5.74, 6) is 1.45. The molecule has 2 aromatic carbocycles. The van der Waals surface area contributed by atoms with Crippen molar-refractivity contribution in [3.05, 3.63) is 86.8 Å². The molecule has 0 aliphatic carbocycles. The molecular weight excluding hydrogens is 459 g/mol. The molecule has 0 bridgehead atoms. The lowest BCUT2D eigenvalue weighted by molar-refractivity contribution is 0.249. The average molecular weight is 481 g/mol. The number of halogens is 2. The lowest BCUT2D eigenvalue weighted by Gasteiger charge is -2.36. The number of nitrogens with one attached hydrogen (secondary N) is 2. The highest BCUT2D eigenvalue weighted by Crippen LogP contribution is 2.29. The van der Waals surface area contributed by atoms with Crippen molar-refractivity contribution < 1.29 is 0 Å². The summed E-state index contributed by atoms with van der Waals surface area (Å²) in [5, 5.41) is 4.75. The van der Waals surface area contributed by atoms with Gasteiger partial charge in [-0.15, -0.1) is 0 Å². The van der Waals surface area contributed by atoms with E-state index in [4.69, 9.17) is 33.2 Å². The Bertz CT molecular complexity index is 1330. The molecule has 0 unspecified atom stereocenters. The average Bonchev–Trinajstić information content (AvgIpc) is 2.83. The number of pyridine rings is 1. The lowest BCUT2D eigenvalue weighted by atomic mass is 10.2. The van der Waals surface area contributed by atoms with Crippen LogP contribution in [-0.2, 0) is 6.54 Å². The van der Waals surface area contributed by atoms with Crippen molar-refractivity contribution in [3.63, 3.8) is 0 Å². The monoisotopic (exact) mass is 480 g/mol. The van der Waals surface area contributed by atoms with Gasteiger partial charge in [0.15, 0.2) is 11.6 Å². The summed E-state index contributed by atoms with van der Waals surface area (Å²) >= 11 is 12.5. The highest BCUT2D eigenvalue weighted by molar-refractivity contribution is 6.33. The van der Waals surface area contributed by atoms with E-state index in [0.717, 1.165) is 65.8 Å². The summed E-state index contributed by atoms with van der Waals surface area (Å²) < 4.78 is 0. The maximum atomic E-state index is 11.4. The fourth-order valence-corrected chi connectivity index (χ4v) is 4.32. The van der Waals surface area contributed by atoms with Gasteiger partial charge in [-0.3, -0.25) is 9.69 Å². The second-order valence-electron chi connectivity index (χ2n) is 7.95. The highest BCUT2D eigenvalue weighted by atomic mass is 35.5. The summed E-state index contributed by atoms with van der Waals surface area (Å²) in [7, 11) is 0. The van der Waals surface area contributed by atoms with Crippen LogP contribution in [0.25, 0.3) is 11.0 Å². The summed E-state index contributed by atoms with van der Waals surface area (Å²) in [6.45, 7) is 4.06. The molecule has 7 nitrogen and oxygen atoms in total. The number of hydrogen-bond acceptors (Lipinski definition) is 6. The van der Waals surface area contributed by atoms with E-state index in [1.54, 1.807) is 18.3 Å². The Labute approximate surface area is 201 Å². The first-order chi connectivity index (χ1) is 16.0. The molecule has 0 saturated carbocycles. The minimum Gasteiger partial charge on any atom is -0.351 e. The number of piperazine rings is 1. The first kappa shape index (κ1) is 21.7. The molecule has 0 spiro atoms. The first-order valence-electron chi connectivity index (χ1n) is 10.7. The van der Waals surface area contributed by atoms with E-state index >= 15 is 0 Å². The third-order valence-corrected chi connectivity index (χ3v) is 6.28. The van der Waals surface area contributed by atoms with Crippen LogP contribution in [0.1, 0.15) is 5.56 Å². The molecule has 2 N–H and O–H groups in total. The standard InChI is InChI=1S/C24H22Cl2N6O/c25-17-5-7-19(26)16(13-17)15-31-9-11-32(12-10-31)24-23(28-18-6-8-22(33)27-14-18)29-20-3-1-2-4-21(20)30-24/h1-8,13-14H,9-12,15H2,(H,27,33)(H,28,29). The SMILES string of the molecule is O=c1ccc(Nc2nc3ccccc3nc2N2CCN(Cc3cc(Cl)ccc3Cl)CC2)c[nH]1. The van der Waals surface area contributed by atoms with Crippen molar-refractivity contribution in [2.75, 3.05) is 36.4 Å². The van der Waals surface area contributed by atoms with Crippen molar-refractivity contribution in [2.24, 2.45) is 0 Å². The van der Waals surface area contributed by atoms with Crippen LogP contribution in [0.4, 0.5) is 17.3 Å². The van der Waals surface area contributed by atoms with Crippen LogP contribution in [0, 0.1) is 0 Å². The Morgan fingerprint density at radius 2 is 1.70 bits per heavy atom. The number of H-pyrrole nitrogens is 1. The Hall–Kier alpha value is -3.13. The van der Waals surface area contributed by atoms with Crippen LogP contribution in [0.5, 0.6) is 0 Å². The fourth-order valence-electron chi connectivity index (χ4n) is 3.94. The third-order valence-electron chi connectivity index (χ3n) is 5.67. The van der Waals surface area contributed by atoms with E-state index in [1.807, 2.05) is 36.4 Å². The van der Waals surface area contributed by atoms with E-state index < -0.39 is 0 Å². The predicted molar refractivity (Wildman–Crippen MR) is 134 cm³/mol. The number of nitrogens with zero attached hydrogens (tertiary/aromatic N) is 4. The van der Waals surface area contributed by atoms with Crippen LogP contribution >= 0.6 is 23.2 Å². The lowest BCUT2D eigenvalue weighted by Crippen LogP contribution is -2.46. The molecule has 1 saturated heterocycles. The maximum absolute atomic E-state index is 11.4. The minimum atomic E-state index is -0.152. The number of benzene rings is 2. The van der Waals surface area contributed by atoms with Crippen LogP contribution in [-0.4, -0.2) is 46.0 Å². The normalized spacial score (nSPS) is 14.5. The maximum Gasteiger partial charge on any atom is 0.248 e. The molecular formula is C24H22Cl2N6O. The highest BCUT2D eigenvalue weighted by Gasteiger charge is 2.22. The quantitative estimate of drug-likeness (QED) is 0.431. The van der Waals surface area contributed by atoms with Gasteiger partial charge >= 0.3 is 0 Å². The zero-order valence-electron chi connectivity index (χ0n) is 17.8. The smallest absolute Gasteiger partial charge is 0.248 e. The van der Waals surface area contributed by atoms with Gasteiger partial charge in [-0.05, 0) is 42.0 Å². The van der Waals surface area contributed by atoms with Gasteiger partial charge < -0.3 is 15.2 Å². The number of rotatable bonds is 5. The summed E-state index contributed by atoms with van der Waals surface area (Å²) in [5.41, 5.74) is 3.27. The van der Waals surface area contributed by atoms with Gasteiger partial charge in [-0.1, -0.05) is 35.3 Å². The van der Waals surface area contributed by atoms with Crippen LogP contribution < -0.4 is 15.8 Å². The molecule has 1 aliphatic rings. The largest absolute Gasteiger partial charge is 0.351 e. The molecule has 1 aliphatic heterocycles. The topological polar surface area (TPSA) is 77.2 Å². The Morgan fingerprint density at radius 3 is 2.42 bits per heavy atom. The number of fused-ring (bicyclic) bond motifs is 1. The van der Waals surface area contributed by atoms with Crippen molar-refractivity contribution >= 4 is 51.6 Å². The van der Waals surface area contributed by atoms with E-state index in [0.29, 0.717) is 10.8 Å². The molecule has 1 fully saturated rings. The zero-order valence-corrected chi connectivity index (χ0v) is 19.3. The number of hydrogen-bond donors (Lipinski definition) is 2. The van der Waals surface area contributed by atoms with E-state index in [2.05, 4.69) is 20.1 Å². The molecule has 5 rings (SSSR count). The molecule has 0 amide bonds. The second kappa shape index (κ2) is 9.39. The van der Waals surface area contributed by atoms with Gasteiger partial charge in [0.25, 0.3) is 0 Å². The molecule has 3 heterocycles. The molecule has 168 valence electrons. The molecule has 4 aromatic rings.